The third-order valence-electron chi connectivity index (χ3n) is 2.15. The summed E-state index contributed by atoms with van der Waals surface area (Å²) in [5, 5.41) is 11.9. The van der Waals surface area contributed by atoms with Gasteiger partial charge in [0.2, 0.25) is 5.91 Å². The monoisotopic (exact) mass is 158 g/mol. The lowest BCUT2D eigenvalue weighted by molar-refractivity contribution is -0.123. The second kappa shape index (κ2) is 3.69. The van der Waals surface area contributed by atoms with Crippen LogP contribution in [0.15, 0.2) is 0 Å². The Morgan fingerprint density at radius 2 is 2.45 bits per heavy atom. The molecular weight excluding hydrogens is 144 g/mol. The van der Waals surface area contributed by atoms with Crippen LogP contribution in [0.25, 0.3) is 0 Å². The van der Waals surface area contributed by atoms with Crippen molar-refractivity contribution in [1.82, 2.24) is 5.32 Å². The molecule has 64 valence electrons. The summed E-state index contributed by atoms with van der Waals surface area (Å²) in [5.41, 5.74) is 5.14. The van der Waals surface area contributed by atoms with E-state index in [1.165, 1.54) is 0 Å². The van der Waals surface area contributed by atoms with Crippen LogP contribution in [0.5, 0.6) is 0 Å². The maximum absolute atomic E-state index is 10.8. The van der Waals surface area contributed by atoms with Gasteiger partial charge in [0.1, 0.15) is 0 Å². The van der Waals surface area contributed by atoms with Crippen molar-refractivity contribution in [3.63, 3.8) is 0 Å². The van der Waals surface area contributed by atoms with Crippen LogP contribution >= 0.6 is 0 Å². The van der Waals surface area contributed by atoms with E-state index >= 15 is 0 Å². The maximum atomic E-state index is 10.8. The van der Waals surface area contributed by atoms with Crippen LogP contribution in [-0.4, -0.2) is 30.2 Å². The number of nitrogens with two attached hydrogens (primary N) is 1. The Labute approximate surface area is 65.8 Å². The second-order valence-electron chi connectivity index (χ2n) is 2.89. The van der Waals surface area contributed by atoms with E-state index in [0.29, 0.717) is 0 Å². The van der Waals surface area contributed by atoms with Crippen LogP contribution in [0.4, 0.5) is 0 Å². The van der Waals surface area contributed by atoms with Gasteiger partial charge in [-0.15, -0.1) is 0 Å². The minimum atomic E-state index is -0.309. The quantitative estimate of drug-likeness (QED) is 0.474. The first-order valence-corrected chi connectivity index (χ1v) is 3.89. The molecule has 1 aliphatic heterocycles. The van der Waals surface area contributed by atoms with E-state index in [-0.39, 0.29) is 24.5 Å². The van der Waals surface area contributed by atoms with Crippen molar-refractivity contribution in [2.24, 2.45) is 11.7 Å². The molecule has 2 atom stereocenters. The number of primary amides is 1. The lowest BCUT2D eigenvalue weighted by Gasteiger charge is -2.28. The van der Waals surface area contributed by atoms with Crippen molar-refractivity contribution in [2.45, 2.75) is 18.9 Å². The smallest absolute Gasteiger partial charge is 0.222 e. The first-order valence-electron chi connectivity index (χ1n) is 3.89. The number of hydrogen-bond acceptors (Lipinski definition) is 3. The fourth-order valence-corrected chi connectivity index (χ4v) is 1.49. The van der Waals surface area contributed by atoms with Gasteiger partial charge in [-0.05, 0) is 19.4 Å². The number of amides is 1. The molecule has 0 aromatic carbocycles. The summed E-state index contributed by atoms with van der Waals surface area (Å²) in [5.74, 6) is -0.495. The third kappa shape index (κ3) is 1.91. The van der Waals surface area contributed by atoms with E-state index in [9.17, 15) is 4.79 Å². The minimum absolute atomic E-state index is 0.00634. The van der Waals surface area contributed by atoms with Crippen molar-refractivity contribution in [2.75, 3.05) is 13.2 Å². The molecule has 4 nitrogen and oxygen atoms in total. The Morgan fingerprint density at radius 3 is 2.91 bits per heavy atom. The van der Waals surface area contributed by atoms with Gasteiger partial charge < -0.3 is 16.2 Å². The molecule has 4 N–H and O–H groups in total. The highest BCUT2D eigenvalue weighted by atomic mass is 16.3. The van der Waals surface area contributed by atoms with Gasteiger partial charge in [-0.3, -0.25) is 4.79 Å². The summed E-state index contributed by atoms with van der Waals surface area (Å²) in [4.78, 5) is 10.8. The normalized spacial score (nSPS) is 31.7. The summed E-state index contributed by atoms with van der Waals surface area (Å²) >= 11 is 0. The fourth-order valence-electron chi connectivity index (χ4n) is 1.49. The van der Waals surface area contributed by atoms with Crippen molar-refractivity contribution in [1.29, 1.82) is 0 Å². The standard InChI is InChI=1S/C7H14N2O2/c8-7(11)5-2-1-3-9-6(5)4-10/h5-6,9-10H,1-4H2,(H2,8,11)/t5-,6+/m0/s1. The van der Waals surface area contributed by atoms with Crippen LogP contribution < -0.4 is 11.1 Å². The average molecular weight is 158 g/mol. The zero-order valence-electron chi connectivity index (χ0n) is 6.42. The van der Waals surface area contributed by atoms with Crippen molar-refractivity contribution in [3.05, 3.63) is 0 Å². The molecule has 0 aromatic heterocycles. The summed E-state index contributed by atoms with van der Waals surface area (Å²) in [7, 11) is 0. The van der Waals surface area contributed by atoms with E-state index in [1.807, 2.05) is 0 Å². The predicted molar refractivity (Wildman–Crippen MR) is 40.8 cm³/mol. The topological polar surface area (TPSA) is 75.4 Å². The van der Waals surface area contributed by atoms with Gasteiger partial charge in [0.25, 0.3) is 0 Å². The molecule has 11 heavy (non-hydrogen) atoms. The molecule has 0 bridgehead atoms. The molecule has 0 aliphatic carbocycles. The Kier molecular flexibility index (Phi) is 2.84. The molecule has 0 aromatic rings. The SMILES string of the molecule is NC(=O)[C@H]1CCCN[C@@H]1CO. The Hall–Kier alpha value is -0.610. The summed E-state index contributed by atoms with van der Waals surface area (Å²) < 4.78 is 0. The molecular formula is C7H14N2O2. The largest absolute Gasteiger partial charge is 0.395 e. The second-order valence-corrected chi connectivity index (χ2v) is 2.89. The highest BCUT2D eigenvalue weighted by molar-refractivity contribution is 5.77. The van der Waals surface area contributed by atoms with Crippen molar-refractivity contribution >= 4 is 5.91 Å². The number of carbonyl (C=O) groups is 1. The van der Waals surface area contributed by atoms with Crippen molar-refractivity contribution < 1.29 is 9.90 Å². The van der Waals surface area contributed by atoms with E-state index in [0.717, 1.165) is 19.4 Å². The highest BCUT2D eigenvalue weighted by Crippen LogP contribution is 2.15. The molecule has 0 saturated carbocycles. The van der Waals surface area contributed by atoms with Crippen LogP contribution in [-0.2, 0) is 4.79 Å². The molecule has 1 fully saturated rings. The van der Waals surface area contributed by atoms with Gasteiger partial charge in [0.15, 0.2) is 0 Å². The molecule has 1 rings (SSSR count). The number of piperidine rings is 1. The highest BCUT2D eigenvalue weighted by Gasteiger charge is 2.27. The number of carbonyl (C=O) groups excluding carboxylic acids is 1. The Balaban J connectivity index is 2.51. The number of aliphatic hydroxyl groups is 1. The number of nitrogens with one attached hydrogen (secondary N) is 1. The maximum Gasteiger partial charge on any atom is 0.222 e. The zero-order chi connectivity index (χ0) is 8.27. The molecule has 1 heterocycles. The molecule has 0 unspecified atom stereocenters. The van der Waals surface area contributed by atoms with E-state index < -0.39 is 0 Å². The predicted octanol–water partition coefficient (Wildman–Crippen LogP) is -1.17. The fraction of sp³-hybridized carbons (Fsp3) is 0.857. The van der Waals surface area contributed by atoms with Gasteiger partial charge in [-0.25, -0.2) is 0 Å². The minimum Gasteiger partial charge on any atom is -0.395 e. The Bertz CT molecular complexity index is 149. The van der Waals surface area contributed by atoms with Gasteiger partial charge in [0.05, 0.1) is 12.5 Å². The van der Waals surface area contributed by atoms with Gasteiger partial charge >= 0.3 is 0 Å². The molecule has 0 radical (unpaired) electrons. The molecule has 0 spiro atoms. The first-order chi connectivity index (χ1) is 5.25. The summed E-state index contributed by atoms with van der Waals surface area (Å²) in [6.45, 7) is 0.864. The zero-order valence-corrected chi connectivity index (χ0v) is 6.42. The van der Waals surface area contributed by atoms with Gasteiger partial charge in [-0.1, -0.05) is 0 Å². The molecule has 1 saturated heterocycles. The van der Waals surface area contributed by atoms with E-state index in [1.54, 1.807) is 0 Å². The number of hydrogen-bond donors (Lipinski definition) is 3. The lowest BCUT2D eigenvalue weighted by Crippen LogP contribution is -2.48. The van der Waals surface area contributed by atoms with Gasteiger partial charge in [0, 0.05) is 6.04 Å². The van der Waals surface area contributed by atoms with Crippen molar-refractivity contribution in [3.8, 4) is 0 Å². The van der Waals surface area contributed by atoms with Gasteiger partial charge in [-0.2, -0.15) is 0 Å². The molecule has 1 amide bonds. The Morgan fingerprint density at radius 1 is 1.73 bits per heavy atom. The van der Waals surface area contributed by atoms with E-state index in [2.05, 4.69) is 5.32 Å². The summed E-state index contributed by atoms with van der Waals surface area (Å²) in [6.07, 6.45) is 1.76. The molecule has 4 heteroatoms. The first kappa shape index (κ1) is 8.49. The average Bonchev–Trinajstić information content (AvgIpc) is 2.04. The molecule has 1 aliphatic rings. The third-order valence-corrected chi connectivity index (χ3v) is 2.15. The van der Waals surface area contributed by atoms with Crippen LogP contribution in [0.3, 0.4) is 0 Å². The van der Waals surface area contributed by atoms with Crippen LogP contribution in [0, 0.1) is 5.92 Å². The summed E-state index contributed by atoms with van der Waals surface area (Å²) in [6, 6.07) is -0.124. The van der Waals surface area contributed by atoms with Crippen LogP contribution in [0.2, 0.25) is 0 Å². The van der Waals surface area contributed by atoms with E-state index in [4.69, 9.17) is 10.8 Å². The van der Waals surface area contributed by atoms with Crippen LogP contribution in [0.1, 0.15) is 12.8 Å². The number of aliphatic hydroxyl groups excluding tert-OH is 1. The lowest BCUT2D eigenvalue weighted by atomic mass is 9.91. The number of rotatable bonds is 2.